The Morgan fingerprint density at radius 2 is 1.96 bits per heavy atom. The van der Waals surface area contributed by atoms with E-state index in [1.165, 1.54) is 5.56 Å². The van der Waals surface area contributed by atoms with Gasteiger partial charge < -0.3 is 10.6 Å². The van der Waals surface area contributed by atoms with Crippen LogP contribution in [0.3, 0.4) is 0 Å². The van der Waals surface area contributed by atoms with E-state index in [0.29, 0.717) is 6.54 Å². The van der Waals surface area contributed by atoms with Crippen LogP contribution in [0.1, 0.15) is 49.6 Å². The van der Waals surface area contributed by atoms with Crippen molar-refractivity contribution in [1.82, 2.24) is 20.4 Å². The van der Waals surface area contributed by atoms with Crippen molar-refractivity contribution in [2.75, 3.05) is 6.54 Å². The van der Waals surface area contributed by atoms with E-state index in [4.69, 9.17) is 0 Å². The number of hydrogen-bond acceptors (Lipinski definition) is 2. The fraction of sp³-hybridized carbons (Fsp3) is 0.444. The molecule has 2 N–H and O–H groups in total. The zero-order chi connectivity index (χ0) is 16.8. The highest BCUT2D eigenvalue weighted by Gasteiger charge is 2.16. The third-order valence-corrected chi connectivity index (χ3v) is 3.96. The highest BCUT2D eigenvalue weighted by Crippen LogP contribution is 2.20. The lowest BCUT2D eigenvalue weighted by molar-refractivity contribution is 0.237. The van der Waals surface area contributed by atoms with E-state index in [1.54, 1.807) is 0 Å². The van der Waals surface area contributed by atoms with Crippen molar-refractivity contribution in [1.29, 1.82) is 0 Å². The molecule has 1 aromatic heterocycles. The highest BCUT2D eigenvalue weighted by atomic mass is 16.2. The van der Waals surface area contributed by atoms with Gasteiger partial charge in [-0.25, -0.2) is 9.48 Å². The lowest BCUT2D eigenvalue weighted by atomic mass is 10.1. The number of benzene rings is 1. The van der Waals surface area contributed by atoms with E-state index < -0.39 is 0 Å². The first-order chi connectivity index (χ1) is 11.0. The Morgan fingerprint density at radius 3 is 2.61 bits per heavy atom. The minimum atomic E-state index is -0.131. The molecule has 0 saturated heterocycles. The molecule has 0 spiro atoms. The molecule has 0 aliphatic rings. The second-order valence-electron chi connectivity index (χ2n) is 5.91. The summed E-state index contributed by atoms with van der Waals surface area (Å²) in [7, 11) is 0. The van der Waals surface area contributed by atoms with E-state index in [9.17, 15) is 4.79 Å². The van der Waals surface area contributed by atoms with Crippen molar-refractivity contribution >= 4 is 6.03 Å². The molecule has 2 aromatic rings. The number of nitrogens with one attached hydrogen (secondary N) is 2. The molecule has 1 unspecified atom stereocenters. The summed E-state index contributed by atoms with van der Waals surface area (Å²) in [5.74, 6) is 0. The quantitative estimate of drug-likeness (QED) is 0.800. The molecule has 0 fully saturated rings. The Morgan fingerprint density at radius 1 is 1.26 bits per heavy atom. The summed E-state index contributed by atoms with van der Waals surface area (Å²) in [4.78, 5) is 11.9. The molecule has 2 amide bonds. The largest absolute Gasteiger partial charge is 0.338 e. The second kappa shape index (κ2) is 7.81. The fourth-order valence-electron chi connectivity index (χ4n) is 2.50. The van der Waals surface area contributed by atoms with E-state index in [2.05, 4.69) is 53.8 Å². The summed E-state index contributed by atoms with van der Waals surface area (Å²) in [6.45, 7) is 8.87. The standard InChI is InChI=1S/C18H26N4O/c1-5-6-11-19-18(23)21-14(3)17-12-20-22(15(17)4)16-9-7-13(2)8-10-16/h7-10,12,14H,5-6,11H2,1-4H3,(H2,19,21,23). The van der Waals surface area contributed by atoms with Crippen molar-refractivity contribution < 1.29 is 4.79 Å². The molecule has 2 rings (SSSR count). The molecule has 0 aliphatic heterocycles. The van der Waals surface area contributed by atoms with Crippen LogP contribution in [0.2, 0.25) is 0 Å². The van der Waals surface area contributed by atoms with Gasteiger partial charge in [0.25, 0.3) is 0 Å². The van der Waals surface area contributed by atoms with Gasteiger partial charge in [0.1, 0.15) is 0 Å². The number of hydrogen-bond donors (Lipinski definition) is 2. The van der Waals surface area contributed by atoms with Crippen molar-refractivity contribution in [3.63, 3.8) is 0 Å². The first-order valence-electron chi connectivity index (χ1n) is 8.18. The molecule has 1 atom stereocenters. The molecule has 23 heavy (non-hydrogen) atoms. The number of carbonyl (C=O) groups excluding carboxylic acids is 1. The topological polar surface area (TPSA) is 59.0 Å². The number of rotatable bonds is 6. The molecule has 0 bridgehead atoms. The Bertz CT molecular complexity index is 646. The van der Waals surface area contributed by atoms with E-state index in [-0.39, 0.29) is 12.1 Å². The van der Waals surface area contributed by atoms with Gasteiger partial charge in [0.2, 0.25) is 0 Å². The van der Waals surface area contributed by atoms with Crippen LogP contribution in [-0.2, 0) is 0 Å². The summed E-state index contributed by atoms with van der Waals surface area (Å²) in [6.07, 6.45) is 3.89. The fourth-order valence-corrected chi connectivity index (χ4v) is 2.50. The van der Waals surface area contributed by atoms with Crippen molar-refractivity contribution in [2.24, 2.45) is 0 Å². The molecule has 124 valence electrons. The smallest absolute Gasteiger partial charge is 0.315 e. The van der Waals surface area contributed by atoms with Gasteiger partial charge in [-0.3, -0.25) is 0 Å². The molecule has 0 radical (unpaired) electrons. The molecule has 1 aromatic carbocycles. The number of aryl methyl sites for hydroxylation is 1. The average molecular weight is 314 g/mol. The third-order valence-electron chi connectivity index (χ3n) is 3.96. The number of amides is 2. The number of aromatic nitrogens is 2. The monoisotopic (exact) mass is 314 g/mol. The molecular weight excluding hydrogens is 288 g/mol. The number of urea groups is 1. The summed E-state index contributed by atoms with van der Waals surface area (Å²) in [5.41, 5.74) is 4.31. The van der Waals surface area contributed by atoms with Gasteiger partial charge in [-0.2, -0.15) is 5.10 Å². The van der Waals surface area contributed by atoms with Gasteiger partial charge in [0.15, 0.2) is 0 Å². The van der Waals surface area contributed by atoms with E-state index in [1.807, 2.05) is 24.7 Å². The van der Waals surface area contributed by atoms with Crippen LogP contribution in [-0.4, -0.2) is 22.4 Å². The first kappa shape index (κ1) is 17.1. The van der Waals surface area contributed by atoms with Gasteiger partial charge in [0.05, 0.1) is 17.9 Å². The van der Waals surface area contributed by atoms with Gasteiger partial charge in [-0.15, -0.1) is 0 Å². The zero-order valence-corrected chi connectivity index (χ0v) is 14.4. The Balaban J connectivity index is 2.06. The van der Waals surface area contributed by atoms with Crippen LogP contribution in [0, 0.1) is 13.8 Å². The lowest BCUT2D eigenvalue weighted by Gasteiger charge is -2.15. The normalized spacial score (nSPS) is 12.0. The zero-order valence-electron chi connectivity index (χ0n) is 14.4. The van der Waals surface area contributed by atoms with Gasteiger partial charge in [-0.1, -0.05) is 31.0 Å². The maximum Gasteiger partial charge on any atom is 0.315 e. The van der Waals surface area contributed by atoms with Crippen LogP contribution < -0.4 is 10.6 Å². The van der Waals surface area contributed by atoms with Gasteiger partial charge in [0, 0.05) is 17.8 Å². The van der Waals surface area contributed by atoms with Crippen LogP contribution in [0.4, 0.5) is 4.79 Å². The summed E-state index contributed by atoms with van der Waals surface area (Å²) in [6, 6.07) is 8.02. The predicted octanol–water partition coefficient (Wildman–Crippen LogP) is 3.65. The number of unbranched alkanes of at least 4 members (excludes halogenated alkanes) is 1. The molecular formula is C18H26N4O. The molecule has 5 nitrogen and oxygen atoms in total. The van der Waals surface area contributed by atoms with E-state index >= 15 is 0 Å². The minimum absolute atomic E-state index is 0.0872. The number of nitrogens with zero attached hydrogens (tertiary/aromatic N) is 2. The third kappa shape index (κ3) is 4.34. The van der Waals surface area contributed by atoms with Crippen LogP contribution in [0.15, 0.2) is 30.5 Å². The predicted molar refractivity (Wildman–Crippen MR) is 92.9 cm³/mol. The average Bonchev–Trinajstić information content (AvgIpc) is 2.90. The Labute approximate surface area is 138 Å². The molecule has 0 saturated carbocycles. The highest BCUT2D eigenvalue weighted by molar-refractivity contribution is 5.74. The second-order valence-corrected chi connectivity index (χ2v) is 5.91. The molecule has 0 aliphatic carbocycles. The van der Waals surface area contributed by atoms with Crippen LogP contribution >= 0.6 is 0 Å². The maximum atomic E-state index is 11.9. The maximum absolute atomic E-state index is 11.9. The lowest BCUT2D eigenvalue weighted by Crippen LogP contribution is -2.37. The van der Waals surface area contributed by atoms with E-state index in [0.717, 1.165) is 29.8 Å². The summed E-state index contributed by atoms with van der Waals surface area (Å²) in [5, 5.41) is 10.3. The van der Waals surface area contributed by atoms with Crippen molar-refractivity contribution in [2.45, 2.75) is 46.6 Å². The minimum Gasteiger partial charge on any atom is -0.338 e. The van der Waals surface area contributed by atoms with Crippen LogP contribution in [0.5, 0.6) is 0 Å². The van der Waals surface area contributed by atoms with Gasteiger partial charge in [-0.05, 0) is 39.3 Å². The van der Waals surface area contributed by atoms with Gasteiger partial charge >= 0.3 is 6.03 Å². The first-order valence-corrected chi connectivity index (χ1v) is 8.18. The van der Waals surface area contributed by atoms with Crippen LogP contribution in [0.25, 0.3) is 5.69 Å². The molecule has 1 heterocycles. The Hall–Kier alpha value is -2.30. The molecule has 5 heteroatoms. The summed E-state index contributed by atoms with van der Waals surface area (Å²) >= 11 is 0. The van der Waals surface area contributed by atoms with Crippen molar-refractivity contribution in [3.05, 3.63) is 47.3 Å². The SMILES string of the molecule is CCCCNC(=O)NC(C)c1cnn(-c2ccc(C)cc2)c1C. The summed E-state index contributed by atoms with van der Waals surface area (Å²) < 4.78 is 1.90. The number of carbonyl (C=O) groups is 1. The van der Waals surface area contributed by atoms with Crippen molar-refractivity contribution in [3.8, 4) is 5.69 Å². The Kier molecular flexibility index (Phi) is 5.79.